The Balaban J connectivity index is 1.77. The Morgan fingerprint density at radius 2 is 2.09 bits per heavy atom. The monoisotopic (exact) mass is 322 g/mol. The summed E-state index contributed by atoms with van der Waals surface area (Å²) in [6.07, 6.45) is 3.58. The molecule has 2 rings (SSSR count). The third kappa shape index (κ3) is 5.27. The molecule has 1 aromatic heterocycles. The van der Waals surface area contributed by atoms with Crippen molar-refractivity contribution in [2.45, 2.75) is 52.2 Å². The minimum absolute atomic E-state index is 0.187. The Hall–Kier alpha value is -1.49. The number of amides is 1. The zero-order chi connectivity index (χ0) is 17.0. The number of carbonyl (C=O) groups is 1. The number of likely N-dealkylation sites (tertiary alicyclic amines) is 1. The van der Waals surface area contributed by atoms with Crippen molar-refractivity contribution in [3.63, 3.8) is 0 Å². The minimum atomic E-state index is -0.424. The van der Waals surface area contributed by atoms with Crippen LogP contribution in [0.2, 0.25) is 0 Å². The van der Waals surface area contributed by atoms with E-state index >= 15 is 0 Å². The van der Waals surface area contributed by atoms with Crippen LogP contribution in [0.5, 0.6) is 0 Å². The van der Waals surface area contributed by atoms with Crippen molar-refractivity contribution in [2.75, 3.05) is 26.7 Å². The zero-order valence-electron chi connectivity index (χ0n) is 15.0. The van der Waals surface area contributed by atoms with Crippen LogP contribution in [0.1, 0.15) is 52.3 Å². The first-order chi connectivity index (χ1) is 10.8. The first-order valence-electron chi connectivity index (χ1n) is 8.48. The predicted molar refractivity (Wildman–Crippen MR) is 90.3 cm³/mol. The van der Waals surface area contributed by atoms with Gasteiger partial charge in [-0.2, -0.15) is 0 Å². The van der Waals surface area contributed by atoms with Crippen LogP contribution in [0.15, 0.2) is 22.8 Å². The molecule has 0 saturated carbocycles. The first kappa shape index (κ1) is 17.9. The maximum Gasteiger partial charge on any atom is 0.410 e. The maximum absolute atomic E-state index is 12.1. The molecular formula is C18H30N2O3. The van der Waals surface area contributed by atoms with Gasteiger partial charge in [0, 0.05) is 19.6 Å². The summed E-state index contributed by atoms with van der Waals surface area (Å²) in [6, 6.07) is 4.22. The number of furan rings is 1. The lowest BCUT2D eigenvalue weighted by molar-refractivity contribution is 0.0167. The largest absolute Gasteiger partial charge is 0.468 e. The lowest BCUT2D eigenvalue weighted by atomic mass is 9.96. The molecule has 1 atom stereocenters. The smallest absolute Gasteiger partial charge is 0.410 e. The Bertz CT molecular complexity index is 485. The van der Waals surface area contributed by atoms with E-state index < -0.39 is 5.60 Å². The summed E-state index contributed by atoms with van der Waals surface area (Å²) in [7, 11) is 2.13. The van der Waals surface area contributed by atoms with Gasteiger partial charge >= 0.3 is 6.09 Å². The van der Waals surface area contributed by atoms with E-state index in [0.29, 0.717) is 5.92 Å². The summed E-state index contributed by atoms with van der Waals surface area (Å²) < 4.78 is 10.9. The molecule has 1 aromatic rings. The molecular weight excluding hydrogens is 292 g/mol. The van der Waals surface area contributed by atoms with Gasteiger partial charge in [-0.05, 0) is 65.6 Å². The van der Waals surface area contributed by atoms with Crippen LogP contribution in [0.4, 0.5) is 4.79 Å². The molecule has 1 unspecified atom stereocenters. The van der Waals surface area contributed by atoms with E-state index in [0.717, 1.165) is 38.2 Å². The molecule has 1 saturated heterocycles. The second-order valence-electron chi connectivity index (χ2n) is 7.54. The molecule has 1 aliphatic heterocycles. The Labute approximate surface area is 139 Å². The van der Waals surface area contributed by atoms with E-state index in [2.05, 4.69) is 18.9 Å². The summed E-state index contributed by atoms with van der Waals surface area (Å²) >= 11 is 0. The molecule has 0 spiro atoms. The molecule has 23 heavy (non-hydrogen) atoms. The molecule has 1 aliphatic rings. The standard InChI is InChI=1S/C18H30N2O3/c1-14(16-7-6-12-22-16)19(5)13-15-8-10-20(11-9-15)17(21)23-18(2,3)4/h6-7,12,14-15H,8-11,13H2,1-5H3. The van der Waals surface area contributed by atoms with E-state index in [9.17, 15) is 4.79 Å². The average Bonchev–Trinajstić information content (AvgIpc) is 2.99. The van der Waals surface area contributed by atoms with E-state index in [1.54, 1.807) is 6.26 Å². The zero-order valence-corrected chi connectivity index (χ0v) is 15.0. The van der Waals surface area contributed by atoms with Crippen LogP contribution in [-0.4, -0.2) is 48.2 Å². The van der Waals surface area contributed by atoms with Gasteiger partial charge in [-0.1, -0.05) is 0 Å². The Morgan fingerprint density at radius 3 is 2.61 bits per heavy atom. The molecule has 0 radical (unpaired) electrons. The number of piperidine rings is 1. The number of hydrogen-bond donors (Lipinski definition) is 0. The lowest BCUT2D eigenvalue weighted by Gasteiger charge is -2.35. The Morgan fingerprint density at radius 1 is 1.43 bits per heavy atom. The lowest BCUT2D eigenvalue weighted by Crippen LogP contribution is -2.43. The highest BCUT2D eigenvalue weighted by Gasteiger charge is 2.28. The number of nitrogens with zero attached hydrogens (tertiary/aromatic N) is 2. The van der Waals surface area contributed by atoms with Gasteiger partial charge < -0.3 is 14.1 Å². The van der Waals surface area contributed by atoms with Crippen molar-refractivity contribution in [2.24, 2.45) is 5.92 Å². The fraction of sp³-hybridized carbons (Fsp3) is 0.722. The van der Waals surface area contributed by atoms with Crippen molar-refractivity contribution >= 4 is 6.09 Å². The van der Waals surface area contributed by atoms with Crippen LogP contribution in [0.3, 0.4) is 0 Å². The van der Waals surface area contributed by atoms with Gasteiger partial charge in [-0.15, -0.1) is 0 Å². The third-order valence-electron chi connectivity index (χ3n) is 4.43. The highest BCUT2D eigenvalue weighted by molar-refractivity contribution is 5.68. The summed E-state index contributed by atoms with van der Waals surface area (Å²) in [6.45, 7) is 10.5. The van der Waals surface area contributed by atoms with Gasteiger partial charge in [0.15, 0.2) is 0 Å². The van der Waals surface area contributed by atoms with Gasteiger partial charge in [0.1, 0.15) is 11.4 Å². The van der Waals surface area contributed by atoms with E-state index in [-0.39, 0.29) is 12.1 Å². The second-order valence-corrected chi connectivity index (χ2v) is 7.54. The SMILES string of the molecule is CC(c1ccco1)N(C)CC1CCN(C(=O)OC(C)(C)C)CC1. The van der Waals surface area contributed by atoms with Gasteiger partial charge in [0.05, 0.1) is 12.3 Å². The minimum Gasteiger partial charge on any atom is -0.468 e. The molecule has 0 N–H and O–H groups in total. The molecule has 5 nitrogen and oxygen atoms in total. The summed E-state index contributed by atoms with van der Waals surface area (Å²) in [5, 5.41) is 0. The van der Waals surface area contributed by atoms with Gasteiger partial charge in [-0.3, -0.25) is 4.90 Å². The van der Waals surface area contributed by atoms with Crippen molar-refractivity contribution < 1.29 is 13.9 Å². The molecule has 5 heteroatoms. The molecule has 130 valence electrons. The van der Waals surface area contributed by atoms with Crippen molar-refractivity contribution in [3.05, 3.63) is 24.2 Å². The molecule has 0 bridgehead atoms. The summed E-state index contributed by atoms with van der Waals surface area (Å²) in [5.74, 6) is 1.61. The normalized spacial score (nSPS) is 18.3. The van der Waals surface area contributed by atoms with Gasteiger partial charge in [0.2, 0.25) is 0 Å². The summed E-state index contributed by atoms with van der Waals surface area (Å²) in [4.78, 5) is 16.2. The molecule has 0 aliphatic carbocycles. The van der Waals surface area contributed by atoms with Gasteiger partial charge in [-0.25, -0.2) is 4.79 Å². The van der Waals surface area contributed by atoms with Crippen molar-refractivity contribution in [3.8, 4) is 0 Å². The third-order valence-corrected chi connectivity index (χ3v) is 4.43. The Kier molecular flexibility index (Phi) is 5.74. The van der Waals surface area contributed by atoms with Gasteiger partial charge in [0.25, 0.3) is 0 Å². The van der Waals surface area contributed by atoms with Crippen LogP contribution < -0.4 is 0 Å². The highest BCUT2D eigenvalue weighted by Crippen LogP contribution is 2.24. The number of hydrogen-bond acceptors (Lipinski definition) is 4. The molecule has 1 fully saturated rings. The highest BCUT2D eigenvalue weighted by atomic mass is 16.6. The van der Waals surface area contributed by atoms with Crippen LogP contribution in [0.25, 0.3) is 0 Å². The first-order valence-corrected chi connectivity index (χ1v) is 8.48. The van der Waals surface area contributed by atoms with Crippen LogP contribution in [-0.2, 0) is 4.74 Å². The van der Waals surface area contributed by atoms with E-state index in [1.165, 1.54) is 0 Å². The number of rotatable bonds is 4. The second kappa shape index (κ2) is 7.39. The van der Waals surface area contributed by atoms with Crippen molar-refractivity contribution in [1.82, 2.24) is 9.80 Å². The van der Waals surface area contributed by atoms with Crippen molar-refractivity contribution in [1.29, 1.82) is 0 Å². The van der Waals surface area contributed by atoms with E-state index in [1.807, 2.05) is 37.8 Å². The van der Waals surface area contributed by atoms with Crippen LogP contribution in [0, 0.1) is 5.92 Å². The maximum atomic E-state index is 12.1. The molecule has 0 aromatic carbocycles. The predicted octanol–water partition coefficient (Wildman–Crippen LogP) is 3.92. The molecule has 2 heterocycles. The fourth-order valence-electron chi connectivity index (χ4n) is 2.94. The van der Waals surface area contributed by atoms with Crippen LogP contribution >= 0.6 is 0 Å². The fourth-order valence-corrected chi connectivity index (χ4v) is 2.94. The topological polar surface area (TPSA) is 45.9 Å². The summed E-state index contributed by atoms with van der Waals surface area (Å²) in [5.41, 5.74) is -0.424. The number of ether oxygens (including phenoxy) is 1. The quantitative estimate of drug-likeness (QED) is 0.843. The van der Waals surface area contributed by atoms with E-state index in [4.69, 9.17) is 9.15 Å². The average molecular weight is 322 g/mol. The number of carbonyl (C=O) groups excluding carboxylic acids is 1. The molecule has 1 amide bonds.